The van der Waals surface area contributed by atoms with Crippen LogP contribution in [0.1, 0.15) is 21.5 Å². The molecule has 11 heteroatoms. The van der Waals surface area contributed by atoms with Gasteiger partial charge in [0.1, 0.15) is 0 Å². The maximum Gasteiger partial charge on any atom is 0.416 e. The fraction of sp³-hybridized carbons (Fsp3) is 0.0909. The molecule has 0 saturated carbocycles. The van der Waals surface area contributed by atoms with Gasteiger partial charge >= 0.3 is 12.1 Å². The standard InChI is InChI=1S/C22H16F3N3O5/c1-32-20-10-14(13-26-27-17-6-3-5-16(12-17)22(23,24)25)8-9-19(20)33-21(29)15-4-2-7-18(11-15)28(30)31/h2-13,27H,1H3. The number of halogens is 3. The fourth-order valence-corrected chi connectivity index (χ4v) is 2.70. The van der Waals surface area contributed by atoms with Gasteiger partial charge in [-0.1, -0.05) is 12.1 Å². The summed E-state index contributed by atoms with van der Waals surface area (Å²) in [6, 6.07) is 14.1. The molecule has 33 heavy (non-hydrogen) atoms. The lowest BCUT2D eigenvalue weighted by Gasteiger charge is -2.10. The van der Waals surface area contributed by atoms with Crippen LogP contribution in [0.15, 0.2) is 71.8 Å². The van der Waals surface area contributed by atoms with Gasteiger partial charge in [0, 0.05) is 12.1 Å². The molecule has 0 unspecified atom stereocenters. The van der Waals surface area contributed by atoms with Crippen LogP contribution in [0.4, 0.5) is 24.5 Å². The lowest BCUT2D eigenvalue weighted by atomic mass is 10.2. The number of hydrogen-bond acceptors (Lipinski definition) is 7. The van der Waals surface area contributed by atoms with Crippen molar-refractivity contribution in [3.63, 3.8) is 0 Å². The minimum Gasteiger partial charge on any atom is -0.493 e. The van der Waals surface area contributed by atoms with E-state index in [1.807, 2.05) is 0 Å². The van der Waals surface area contributed by atoms with E-state index in [4.69, 9.17) is 9.47 Å². The number of non-ortho nitro benzene ring substituents is 1. The van der Waals surface area contributed by atoms with E-state index in [1.54, 1.807) is 0 Å². The first-order chi connectivity index (χ1) is 15.7. The number of hydrogen-bond donors (Lipinski definition) is 1. The molecule has 0 bridgehead atoms. The Labute approximate surface area is 185 Å². The molecule has 3 rings (SSSR count). The van der Waals surface area contributed by atoms with Crippen LogP contribution in [-0.2, 0) is 6.18 Å². The molecule has 0 aliphatic heterocycles. The van der Waals surface area contributed by atoms with Crippen LogP contribution < -0.4 is 14.9 Å². The average molecular weight is 459 g/mol. The van der Waals surface area contributed by atoms with Gasteiger partial charge in [0.15, 0.2) is 11.5 Å². The van der Waals surface area contributed by atoms with Crippen LogP contribution >= 0.6 is 0 Å². The van der Waals surface area contributed by atoms with Gasteiger partial charge in [0.2, 0.25) is 0 Å². The molecule has 0 aliphatic carbocycles. The van der Waals surface area contributed by atoms with Gasteiger partial charge in [-0.3, -0.25) is 15.5 Å². The molecule has 0 fully saturated rings. The van der Waals surface area contributed by atoms with Gasteiger partial charge in [-0.2, -0.15) is 18.3 Å². The third kappa shape index (κ3) is 6.06. The molecule has 0 radical (unpaired) electrons. The van der Waals surface area contributed by atoms with Crippen molar-refractivity contribution < 1.29 is 32.4 Å². The van der Waals surface area contributed by atoms with Crippen LogP contribution in [0.25, 0.3) is 0 Å². The number of nitrogens with zero attached hydrogens (tertiary/aromatic N) is 2. The Hall–Kier alpha value is -4.41. The second kappa shape index (κ2) is 9.81. The number of nitrogens with one attached hydrogen (secondary N) is 1. The molecule has 170 valence electrons. The Bertz CT molecular complexity index is 1210. The van der Waals surface area contributed by atoms with Gasteiger partial charge in [-0.05, 0) is 48.0 Å². The summed E-state index contributed by atoms with van der Waals surface area (Å²) in [6.45, 7) is 0. The van der Waals surface area contributed by atoms with Crippen LogP contribution in [0.3, 0.4) is 0 Å². The van der Waals surface area contributed by atoms with Crippen LogP contribution in [0, 0.1) is 10.1 Å². The highest BCUT2D eigenvalue weighted by Crippen LogP contribution is 2.31. The number of alkyl halides is 3. The lowest BCUT2D eigenvalue weighted by molar-refractivity contribution is -0.384. The molecule has 0 amide bonds. The van der Waals surface area contributed by atoms with Gasteiger partial charge in [-0.15, -0.1) is 0 Å². The van der Waals surface area contributed by atoms with E-state index in [0.29, 0.717) is 5.56 Å². The largest absolute Gasteiger partial charge is 0.493 e. The van der Waals surface area contributed by atoms with Crippen LogP contribution in [0.2, 0.25) is 0 Å². The Balaban J connectivity index is 1.71. The van der Waals surface area contributed by atoms with Gasteiger partial charge in [0.05, 0.1) is 35.1 Å². The fourth-order valence-electron chi connectivity index (χ4n) is 2.70. The summed E-state index contributed by atoms with van der Waals surface area (Å²) in [5.41, 5.74) is 2.09. The molecule has 0 saturated heterocycles. The monoisotopic (exact) mass is 459 g/mol. The summed E-state index contributed by atoms with van der Waals surface area (Å²) in [5, 5.41) is 14.8. The maximum absolute atomic E-state index is 12.8. The maximum atomic E-state index is 12.8. The second-order valence-corrected chi connectivity index (χ2v) is 6.56. The normalized spacial score (nSPS) is 11.3. The third-order valence-corrected chi connectivity index (χ3v) is 4.28. The van der Waals surface area contributed by atoms with E-state index in [2.05, 4.69) is 10.5 Å². The van der Waals surface area contributed by atoms with Crippen LogP contribution in [-0.4, -0.2) is 24.2 Å². The Morgan fingerprint density at radius 2 is 1.82 bits per heavy atom. The van der Waals surface area contributed by atoms with Crippen molar-refractivity contribution in [3.05, 3.63) is 93.5 Å². The molecule has 8 nitrogen and oxygen atoms in total. The number of carbonyl (C=O) groups is 1. The number of anilines is 1. The van der Waals surface area contributed by atoms with Crippen LogP contribution in [0.5, 0.6) is 11.5 Å². The SMILES string of the molecule is COc1cc(C=NNc2cccc(C(F)(F)F)c2)ccc1OC(=O)c1cccc([N+](=O)[O-])c1. The number of nitro groups is 1. The third-order valence-electron chi connectivity index (χ3n) is 4.28. The van der Waals surface area contributed by atoms with E-state index in [1.165, 1.54) is 61.9 Å². The smallest absolute Gasteiger partial charge is 0.416 e. The molecule has 3 aromatic carbocycles. The quantitative estimate of drug-likeness (QED) is 0.169. The highest BCUT2D eigenvalue weighted by molar-refractivity contribution is 5.92. The number of esters is 1. The zero-order valence-electron chi connectivity index (χ0n) is 17.0. The Kier molecular flexibility index (Phi) is 6.91. The number of methoxy groups -OCH3 is 1. The first-order valence-corrected chi connectivity index (χ1v) is 9.28. The summed E-state index contributed by atoms with van der Waals surface area (Å²) in [7, 11) is 1.35. The van der Waals surface area contributed by atoms with E-state index in [9.17, 15) is 28.1 Å². The number of benzene rings is 3. The minimum atomic E-state index is -4.47. The molecule has 0 aliphatic rings. The lowest BCUT2D eigenvalue weighted by Crippen LogP contribution is -2.09. The molecule has 0 heterocycles. The zero-order valence-corrected chi connectivity index (χ0v) is 17.0. The van der Waals surface area contributed by atoms with E-state index >= 15 is 0 Å². The van der Waals surface area contributed by atoms with Gasteiger partial charge in [-0.25, -0.2) is 4.79 Å². The van der Waals surface area contributed by atoms with Gasteiger partial charge in [0.25, 0.3) is 5.69 Å². The van der Waals surface area contributed by atoms with Crippen molar-refractivity contribution in [2.45, 2.75) is 6.18 Å². The van der Waals surface area contributed by atoms with Gasteiger partial charge < -0.3 is 9.47 Å². The molecule has 0 aromatic heterocycles. The highest BCUT2D eigenvalue weighted by Gasteiger charge is 2.30. The molecule has 0 atom stereocenters. The number of nitro benzene ring substituents is 1. The van der Waals surface area contributed by atoms with E-state index < -0.39 is 22.6 Å². The van der Waals surface area contributed by atoms with Crippen molar-refractivity contribution >= 4 is 23.6 Å². The first-order valence-electron chi connectivity index (χ1n) is 9.28. The molecular weight excluding hydrogens is 443 g/mol. The summed E-state index contributed by atoms with van der Waals surface area (Å²) in [4.78, 5) is 22.6. The van der Waals surface area contributed by atoms with Crippen molar-refractivity contribution in [2.75, 3.05) is 12.5 Å². The molecule has 3 aromatic rings. The van der Waals surface area contributed by atoms with E-state index in [-0.39, 0.29) is 28.4 Å². The predicted molar refractivity (Wildman–Crippen MR) is 114 cm³/mol. The molecule has 1 N–H and O–H groups in total. The number of carbonyl (C=O) groups excluding carboxylic acids is 1. The molecule has 0 spiro atoms. The van der Waals surface area contributed by atoms with Crippen molar-refractivity contribution in [1.29, 1.82) is 0 Å². The summed E-state index contributed by atoms with van der Waals surface area (Å²) >= 11 is 0. The zero-order chi connectivity index (χ0) is 24.0. The van der Waals surface area contributed by atoms with Crippen molar-refractivity contribution in [2.24, 2.45) is 5.10 Å². The molecular formula is C22H16F3N3O5. The Morgan fingerprint density at radius 3 is 2.52 bits per heavy atom. The van der Waals surface area contributed by atoms with Crippen molar-refractivity contribution in [1.82, 2.24) is 0 Å². The minimum absolute atomic E-state index is 0.0119. The van der Waals surface area contributed by atoms with Crippen molar-refractivity contribution in [3.8, 4) is 11.5 Å². The average Bonchev–Trinajstić information content (AvgIpc) is 2.79. The number of hydrazone groups is 1. The second-order valence-electron chi connectivity index (χ2n) is 6.56. The summed E-state index contributed by atoms with van der Waals surface area (Å²) in [6.07, 6.45) is -3.12. The first kappa shape index (κ1) is 23.3. The van der Waals surface area contributed by atoms with E-state index in [0.717, 1.165) is 18.2 Å². The topological polar surface area (TPSA) is 103 Å². The summed E-state index contributed by atoms with van der Waals surface area (Å²) in [5.74, 6) is -0.571. The predicted octanol–water partition coefficient (Wildman–Crippen LogP) is 5.29. The number of rotatable bonds is 7. The number of ether oxygens (including phenoxy) is 2. The summed E-state index contributed by atoms with van der Waals surface area (Å²) < 4.78 is 48.8. The Morgan fingerprint density at radius 1 is 1.06 bits per heavy atom. The highest BCUT2D eigenvalue weighted by atomic mass is 19.4.